The Kier molecular flexibility index (Phi) is 6.35. The van der Waals surface area contributed by atoms with Crippen LogP contribution in [0.15, 0.2) is 115 Å². The zero-order valence-electron chi connectivity index (χ0n) is 24.2. The third-order valence-corrected chi connectivity index (χ3v) is 7.78. The topological polar surface area (TPSA) is 44.9 Å². The number of para-hydroxylation sites is 1. The van der Waals surface area contributed by atoms with Crippen molar-refractivity contribution < 1.29 is 4.74 Å². The standard InChI is InChI=1S/C37H32N4O/c1-24(2)37-36(27-11-6-5-7-12-27)26(4)39-41(37)28-13-10-14-29(22-28)42-30-17-18-32-31-15-8-9-16-33(31)40(34(32)23-30)35-21-25(3)19-20-38-35/h5-24H,1-4H3. The first kappa shape index (κ1) is 25.8. The number of aryl methyl sites for hydroxylation is 2. The smallest absolute Gasteiger partial charge is 0.137 e. The fourth-order valence-electron chi connectivity index (χ4n) is 5.95. The summed E-state index contributed by atoms with van der Waals surface area (Å²) in [4.78, 5) is 4.71. The summed E-state index contributed by atoms with van der Waals surface area (Å²) in [6, 6.07) is 37.6. The van der Waals surface area contributed by atoms with Crippen LogP contribution in [0, 0.1) is 13.8 Å². The summed E-state index contributed by atoms with van der Waals surface area (Å²) in [5.74, 6) is 2.70. The summed E-state index contributed by atoms with van der Waals surface area (Å²) in [5, 5.41) is 7.35. The Morgan fingerprint density at radius 3 is 2.26 bits per heavy atom. The quantitative estimate of drug-likeness (QED) is 0.208. The zero-order valence-corrected chi connectivity index (χ0v) is 24.2. The minimum atomic E-state index is 0.283. The van der Waals surface area contributed by atoms with Crippen LogP contribution in [-0.4, -0.2) is 19.3 Å². The van der Waals surface area contributed by atoms with Gasteiger partial charge >= 0.3 is 0 Å². The normalized spacial score (nSPS) is 11.5. The minimum absolute atomic E-state index is 0.283. The molecule has 206 valence electrons. The van der Waals surface area contributed by atoms with Crippen LogP contribution >= 0.6 is 0 Å². The maximum atomic E-state index is 6.51. The van der Waals surface area contributed by atoms with Gasteiger partial charge in [-0.25, -0.2) is 9.67 Å². The van der Waals surface area contributed by atoms with Crippen molar-refractivity contribution in [1.82, 2.24) is 19.3 Å². The summed E-state index contributed by atoms with van der Waals surface area (Å²) in [6.45, 7) is 8.62. The van der Waals surface area contributed by atoms with Crippen LogP contribution in [0.25, 0.3) is 44.4 Å². The van der Waals surface area contributed by atoms with Crippen molar-refractivity contribution in [2.45, 2.75) is 33.6 Å². The van der Waals surface area contributed by atoms with E-state index in [1.165, 1.54) is 27.8 Å². The van der Waals surface area contributed by atoms with Crippen molar-refractivity contribution in [3.63, 3.8) is 0 Å². The molecule has 7 rings (SSSR count). The molecule has 3 aromatic heterocycles. The van der Waals surface area contributed by atoms with Crippen molar-refractivity contribution in [3.8, 4) is 34.1 Å². The molecule has 0 fully saturated rings. The Bertz CT molecular complexity index is 2070. The fraction of sp³-hybridized carbons (Fsp3) is 0.135. The Hall–Kier alpha value is -5.16. The van der Waals surface area contributed by atoms with E-state index in [2.05, 4.69) is 116 Å². The van der Waals surface area contributed by atoms with Gasteiger partial charge in [-0.3, -0.25) is 4.57 Å². The lowest BCUT2D eigenvalue weighted by Crippen LogP contribution is -2.05. The van der Waals surface area contributed by atoms with Gasteiger partial charge < -0.3 is 4.74 Å². The molecule has 0 aliphatic heterocycles. The molecule has 0 aliphatic rings. The van der Waals surface area contributed by atoms with Crippen molar-refractivity contribution in [1.29, 1.82) is 0 Å². The zero-order chi connectivity index (χ0) is 28.8. The molecule has 0 atom stereocenters. The number of nitrogens with zero attached hydrogens (tertiary/aromatic N) is 4. The molecule has 5 heteroatoms. The Morgan fingerprint density at radius 2 is 1.45 bits per heavy atom. The first-order valence-corrected chi connectivity index (χ1v) is 14.4. The molecule has 0 saturated carbocycles. The van der Waals surface area contributed by atoms with E-state index in [9.17, 15) is 0 Å². The van der Waals surface area contributed by atoms with E-state index >= 15 is 0 Å². The highest BCUT2D eigenvalue weighted by molar-refractivity contribution is 6.09. The number of fused-ring (bicyclic) bond motifs is 3. The van der Waals surface area contributed by atoms with Crippen LogP contribution in [0.3, 0.4) is 0 Å². The molecule has 5 nitrogen and oxygen atoms in total. The molecular formula is C37H32N4O. The molecule has 3 heterocycles. The predicted molar refractivity (Wildman–Crippen MR) is 171 cm³/mol. The molecule has 7 aromatic rings. The largest absolute Gasteiger partial charge is 0.457 e. The second-order valence-electron chi connectivity index (χ2n) is 11.1. The van der Waals surface area contributed by atoms with E-state index in [1.54, 1.807) is 0 Å². The van der Waals surface area contributed by atoms with Gasteiger partial charge in [-0.1, -0.05) is 68.4 Å². The van der Waals surface area contributed by atoms with E-state index in [-0.39, 0.29) is 5.92 Å². The van der Waals surface area contributed by atoms with Gasteiger partial charge in [0.1, 0.15) is 17.3 Å². The minimum Gasteiger partial charge on any atom is -0.457 e. The number of rotatable bonds is 6. The lowest BCUT2D eigenvalue weighted by molar-refractivity contribution is 0.482. The highest BCUT2D eigenvalue weighted by Crippen LogP contribution is 2.37. The third-order valence-electron chi connectivity index (χ3n) is 7.78. The molecule has 4 aromatic carbocycles. The molecule has 0 N–H and O–H groups in total. The lowest BCUT2D eigenvalue weighted by atomic mass is 9.97. The van der Waals surface area contributed by atoms with Gasteiger partial charge in [0.25, 0.3) is 0 Å². The van der Waals surface area contributed by atoms with E-state index in [4.69, 9.17) is 14.8 Å². The third kappa shape index (κ3) is 4.44. The molecule has 0 spiro atoms. The van der Waals surface area contributed by atoms with Gasteiger partial charge in [-0.05, 0) is 73.4 Å². The number of pyridine rings is 1. The van der Waals surface area contributed by atoms with Gasteiger partial charge in [0, 0.05) is 34.7 Å². The highest BCUT2D eigenvalue weighted by atomic mass is 16.5. The number of hydrogen-bond acceptors (Lipinski definition) is 3. The van der Waals surface area contributed by atoms with Crippen LogP contribution in [0.2, 0.25) is 0 Å². The van der Waals surface area contributed by atoms with Crippen molar-refractivity contribution >= 4 is 21.8 Å². The molecule has 42 heavy (non-hydrogen) atoms. The van der Waals surface area contributed by atoms with Gasteiger partial charge in [0.05, 0.1) is 28.1 Å². The Labute approximate surface area is 245 Å². The number of hydrogen-bond donors (Lipinski definition) is 0. The molecule has 0 radical (unpaired) electrons. The van der Waals surface area contributed by atoms with E-state index in [0.717, 1.165) is 45.1 Å². The molecule has 0 bridgehead atoms. The van der Waals surface area contributed by atoms with Gasteiger partial charge in [-0.15, -0.1) is 0 Å². The Balaban J connectivity index is 1.31. The summed E-state index contributed by atoms with van der Waals surface area (Å²) in [6.07, 6.45) is 1.86. The van der Waals surface area contributed by atoms with Crippen molar-refractivity contribution in [2.75, 3.05) is 0 Å². The molecule has 0 aliphatic carbocycles. The predicted octanol–water partition coefficient (Wildman–Crippen LogP) is 9.56. The van der Waals surface area contributed by atoms with Crippen molar-refractivity contribution in [2.24, 2.45) is 0 Å². The van der Waals surface area contributed by atoms with E-state index < -0.39 is 0 Å². The van der Waals surface area contributed by atoms with Crippen LogP contribution in [-0.2, 0) is 0 Å². The van der Waals surface area contributed by atoms with Gasteiger partial charge in [-0.2, -0.15) is 5.10 Å². The summed E-state index contributed by atoms with van der Waals surface area (Å²) < 4.78 is 10.8. The number of benzene rings is 4. The van der Waals surface area contributed by atoms with Crippen LogP contribution in [0.1, 0.15) is 36.7 Å². The molecule has 0 unspecified atom stereocenters. The maximum Gasteiger partial charge on any atom is 0.137 e. The van der Waals surface area contributed by atoms with E-state index in [1.807, 2.05) is 36.5 Å². The molecule has 0 amide bonds. The summed E-state index contributed by atoms with van der Waals surface area (Å²) in [7, 11) is 0. The average Bonchev–Trinajstić information content (AvgIpc) is 3.52. The average molecular weight is 549 g/mol. The van der Waals surface area contributed by atoms with Crippen LogP contribution in [0.5, 0.6) is 11.5 Å². The second-order valence-corrected chi connectivity index (χ2v) is 11.1. The molecular weight excluding hydrogens is 516 g/mol. The van der Waals surface area contributed by atoms with Crippen molar-refractivity contribution in [3.05, 3.63) is 132 Å². The SMILES string of the molecule is Cc1ccnc(-n2c3ccccc3c3ccc(Oc4cccc(-n5nc(C)c(-c6ccccc6)c5C(C)C)c4)cc32)c1. The van der Waals surface area contributed by atoms with E-state index in [0.29, 0.717) is 0 Å². The molecule has 0 saturated heterocycles. The highest BCUT2D eigenvalue weighted by Gasteiger charge is 2.21. The Morgan fingerprint density at radius 1 is 0.690 bits per heavy atom. The van der Waals surface area contributed by atoms with Gasteiger partial charge in [0.15, 0.2) is 0 Å². The summed E-state index contributed by atoms with van der Waals surface area (Å²) in [5.41, 5.74) is 8.89. The van der Waals surface area contributed by atoms with Crippen LogP contribution in [0.4, 0.5) is 0 Å². The number of ether oxygens (including phenoxy) is 1. The fourth-order valence-corrected chi connectivity index (χ4v) is 5.95. The van der Waals surface area contributed by atoms with Crippen LogP contribution < -0.4 is 4.74 Å². The first-order chi connectivity index (χ1) is 20.5. The van der Waals surface area contributed by atoms with Gasteiger partial charge in [0.2, 0.25) is 0 Å². The first-order valence-electron chi connectivity index (χ1n) is 14.4. The summed E-state index contributed by atoms with van der Waals surface area (Å²) >= 11 is 0. The number of aromatic nitrogens is 4. The lowest BCUT2D eigenvalue weighted by Gasteiger charge is -2.14. The maximum absolute atomic E-state index is 6.51. The monoisotopic (exact) mass is 548 g/mol. The second kappa shape index (κ2) is 10.3.